The maximum Gasteiger partial charge on any atom is 0.225 e. The number of aliphatic hydroxyl groups excluding tert-OH is 1. The Hall–Kier alpha value is -1.58. The molecule has 1 aromatic carbocycles. The van der Waals surface area contributed by atoms with Crippen LogP contribution < -0.4 is 0 Å². The van der Waals surface area contributed by atoms with Gasteiger partial charge in [-0.1, -0.05) is 12.1 Å². The molecule has 0 bridgehead atoms. The van der Waals surface area contributed by atoms with E-state index in [9.17, 15) is 14.3 Å². The van der Waals surface area contributed by atoms with E-state index in [-0.39, 0.29) is 36.6 Å². The fraction of sp³-hybridized carbons (Fsp3) is 0.696. The molecule has 0 aromatic heterocycles. The largest absolute Gasteiger partial charge is 0.389 e. The first-order valence-corrected chi connectivity index (χ1v) is 11.3. The molecule has 4 atom stereocenters. The van der Waals surface area contributed by atoms with E-state index in [2.05, 4.69) is 16.8 Å². The number of nitrogens with zero attached hydrogens (tertiary/aromatic N) is 3. The van der Waals surface area contributed by atoms with Crippen molar-refractivity contribution in [1.29, 1.82) is 0 Å². The predicted molar refractivity (Wildman–Crippen MR) is 114 cm³/mol. The Balaban J connectivity index is 1.38. The second-order valence-electron chi connectivity index (χ2n) is 9.08. The summed E-state index contributed by atoms with van der Waals surface area (Å²) in [6.07, 6.45) is 1.18. The lowest BCUT2D eigenvalue weighted by molar-refractivity contribution is -0.161. The molecule has 0 spiro atoms. The molecule has 7 nitrogen and oxygen atoms in total. The van der Waals surface area contributed by atoms with E-state index in [0.29, 0.717) is 26.1 Å². The van der Waals surface area contributed by atoms with E-state index >= 15 is 0 Å². The van der Waals surface area contributed by atoms with Crippen LogP contribution in [-0.2, 0) is 20.8 Å². The van der Waals surface area contributed by atoms with Gasteiger partial charge in [0.15, 0.2) is 0 Å². The highest BCUT2D eigenvalue weighted by molar-refractivity contribution is 5.76. The normalized spacial score (nSPS) is 31.0. The minimum absolute atomic E-state index is 0.0632. The molecule has 8 heteroatoms. The van der Waals surface area contributed by atoms with Crippen LogP contribution in [0.5, 0.6) is 0 Å². The van der Waals surface area contributed by atoms with Gasteiger partial charge in [-0.3, -0.25) is 9.69 Å². The van der Waals surface area contributed by atoms with Gasteiger partial charge < -0.3 is 24.4 Å². The highest BCUT2D eigenvalue weighted by atomic mass is 19.1. The molecule has 3 fully saturated rings. The number of piperazine rings is 1. The van der Waals surface area contributed by atoms with Gasteiger partial charge in [0, 0.05) is 45.3 Å². The average Bonchev–Trinajstić information content (AvgIpc) is 2.73. The summed E-state index contributed by atoms with van der Waals surface area (Å²) < 4.78 is 25.7. The molecule has 3 aliphatic rings. The Morgan fingerprint density at radius 1 is 1.19 bits per heavy atom. The number of amides is 1. The van der Waals surface area contributed by atoms with Crippen molar-refractivity contribution in [2.75, 3.05) is 53.0 Å². The van der Waals surface area contributed by atoms with Gasteiger partial charge in [-0.15, -0.1) is 0 Å². The van der Waals surface area contributed by atoms with Gasteiger partial charge in [-0.25, -0.2) is 4.39 Å². The molecule has 0 unspecified atom stereocenters. The third-order valence-corrected chi connectivity index (χ3v) is 6.62. The second kappa shape index (κ2) is 10.4. The standard InChI is InChI=1S/C23H34FN3O4/c1-25-7-9-26(10-8-25)23(29)12-20-5-6-21-22(31-20)16-30-15-19(28)14-27(21)13-17-3-2-4-18(24)11-17/h2-4,11,19-22,28H,5-10,12-16H2,1H3/t19-,20+,21+,22-/m0/s1. The number of hydrogen-bond acceptors (Lipinski definition) is 6. The van der Waals surface area contributed by atoms with Crippen molar-refractivity contribution >= 4 is 5.91 Å². The number of hydrogen-bond donors (Lipinski definition) is 1. The summed E-state index contributed by atoms with van der Waals surface area (Å²) in [5.41, 5.74) is 0.875. The first-order chi connectivity index (χ1) is 15.0. The van der Waals surface area contributed by atoms with Crippen LogP contribution in [0.25, 0.3) is 0 Å². The maximum atomic E-state index is 13.7. The molecule has 3 saturated heterocycles. The highest BCUT2D eigenvalue weighted by Crippen LogP contribution is 2.29. The molecule has 1 aromatic rings. The molecular formula is C23H34FN3O4. The number of rotatable bonds is 4. The zero-order valence-electron chi connectivity index (χ0n) is 18.3. The summed E-state index contributed by atoms with van der Waals surface area (Å²) in [5.74, 6) is -0.0947. The predicted octanol–water partition coefficient (Wildman–Crippen LogP) is 1.10. The van der Waals surface area contributed by atoms with E-state index in [4.69, 9.17) is 9.47 Å². The SMILES string of the molecule is CN1CCN(C(=O)C[C@H]2CC[C@@H]3[C@H](COC[C@@H](O)CN3Cc3cccc(F)c3)O2)CC1. The fourth-order valence-corrected chi connectivity index (χ4v) is 4.88. The van der Waals surface area contributed by atoms with Crippen LogP contribution >= 0.6 is 0 Å². The molecule has 31 heavy (non-hydrogen) atoms. The molecule has 172 valence electrons. The van der Waals surface area contributed by atoms with Gasteiger partial charge in [0.25, 0.3) is 0 Å². The lowest BCUT2D eigenvalue weighted by Gasteiger charge is -2.45. The topological polar surface area (TPSA) is 65.5 Å². The third-order valence-electron chi connectivity index (χ3n) is 6.62. The summed E-state index contributed by atoms with van der Waals surface area (Å²) in [7, 11) is 2.08. The lowest BCUT2D eigenvalue weighted by Crippen LogP contribution is -2.55. The third kappa shape index (κ3) is 6.02. The second-order valence-corrected chi connectivity index (χ2v) is 9.08. The number of carbonyl (C=O) groups is 1. The van der Waals surface area contributed by atoms with Crippen LogP contribution in [0.3, 0.4) is 0 Å². The van der Waals surface area contributed by atoms with E-state index in [1.807, 2.05) is 11.0 Å². The first-order valence-electron chi connectivity index (χ1n) is 11.3. The van der Waals surface area contributed by atoms with E-state index in [0.717, 1.165) is 44.6 Å². The van der Waals surface area contributed by atoms with Crippen LogP contribution in [0.1, 0.15) is 24.8 Å². The Bertz CT molecular complexity index is 743. The van der Waals surface area contributed by atoms with Crippen LogP contribution in [0.15, 0.2) is 24.3 Å². The maximum absolute atomic E-state index is 13.7. The number of benzene rings is 1. The highest BCUT2D eigenvalue weighted by Gasteiger charge is 2.38. The Kier molecular flexibility index (Phi) is 7.55. The molecular weight excluding hydrogens is 401 g/mol. The van der Waals surface area contributed by atoms with Crippen molar-refractivity contribution in [3.63, 3.8) is 0 Å². The van der Waals surface area contributed by atoms with Crippen LogP contribution in [0, 0.1) is 5.82 Å². The monoisotopic (exact) mass is 435 g/mol. The van der Waals surface area contributed by atoms with Gasteiger partial charge in [0.1, 0.15) is 5.82 Å². The van der Waals surface area contributed by atoms with Gasteiger partial charge in [0.2, 0.25) is 5.91 Å². The van der Waals surface area contributed by atoms with Crippen molar-refractivity contribution < 1.29 is 23.8 Å². The lowest BCUT2D eigenvalue weighted by atomic mass is 9.94. The van der Waals surface area contributed by atoms with Gasteiger partial charge >= 0.3 is 0 Å². The van der Waals surface area contributed by atoms with E-state index in [1.165, 1.54) is 12.1 Å². The minimum Gasteiger partial charge on any atom is -0.389 e. The Morgan fingerprint density at radius 2 is 2.00 bits per heavy atom. The molecule has 1 N–H and O–H groups in total. The van der Waals surface area contributed by atoms with Crippen molar-refractivity contribution in [2.45, 2.75) is 50.2 Å². The number of fused-ring (bicyclic) bond motifs is 1. The summed E-state index contributed by atoms with van der Waals surface area (Å²) in [4.78, 5) is 19.1. The Morgan fingerprint density at radius 3 is 2.77 bits per heavy atom. The number of likely N-dealkylation sites (N-methyl/N-ethyl adjacent to an activating group) is 1. The summed E-state index contributed by atoms with van der Waals surface area (Å²) in [6.45, 7) is 5.00. The molecule has 3 heterocycles. The quantitative estimate of drug-likeness (QED) is 0.764. The van der Waals surface area contributed by atoms with Crippen LogP contribution in [0.2, 0.25) is 0 Å². The minimum atomic E-state index is -0.592. The molecule has 4 rings (SSSR count). The van der Waals surface area contributed by atoms with E-state index < -0.39 is 6.10 Å². The van der Waals surface area contributed by atoms with Crippen molar-refractivity contribution in [1.82, 2.24) is 14.7 Å². The molecule has 1 amide bonds. The van der Waals surface area contributed by atoms with Crippen molar-refractivity contribution in [3.8, 4) is 0 Å². The smallest absolute Gasteiger partial charge is 0.225 e. The van der Waals surface area contributed by atoms with Gasteiger partial charge in [0.05, 0.1) is 37.9 Å². The average molecular weight is 436 g/mol. The zero-order valence-corrected chi connectivity index (χ0v) is 18.3. The van der Waals surface area contributed by atoms with Crippen molar-refractivity contribution in [2.24, 2.45) is 0 Å². The summed E-state index contributed by atoms with van der Waals surface area (Å²) in [6, 6.07) is 6.66. The van der Waals surface area contributed by atoms with Gasteiger partial charge in [-0.2, -0.15) is 0 Å². The number of halogens is 1. The van der Waals surface area contributed by atoms with Crippen LogP contribution in [-0.4, -0.2) is 103 Å². The number of β-amino-alcohol motifs (C(OH)–C–C–N with tert-alkyl or cyclic N) is 1. The van der Waals surface area contributed by atoms with Crippen LogP contribution in [0.4, 0.5) is 4.39 Å². The Labute approximate surface area is 183 Å². The number of aliphatic hydroxyl groups is 1. The first kappa shape index (κ1) is 22.6. The molecule has 0 saturated carbocycles. The summed E-state index contributed by atoms with van der Waals surface area (Å²) in [5, 5.41) is 10.3. The molecule has 3 aliphatic heterocycles. The molecule has 0 radical (unpaired) electrons. The van der Waals surface area contributed by atoms with Crippen molar-refractivity contribution in [3.05, 3.63) is 35.6 Å². The number of ether oxygens (including phenoxy) is 2. The summed E-state index contributed by atoms with van der Waals surface area (Å²) >= 11 is 0. The van der Waals surface area contributed by atoms with E-state index in [1.54, 1.807) is 6.07 Å². The fourth-order valence-electron chi connectivity index (χ4n) is 4.88. The number of carbonyl (C=O) groups excluding carboxylic acids is 1. The molecule has 0 aliphatic carbocycles. The zero-order chi connectivity index (χ0) is 21.8. The van der Waals surface area contributed by atoms with Gasteiger partial charge in [-0.05, 0) is 37.6 Å².